The Labute approximate surface area is 153 Å². The lowest BCUT2D eigenvalue weighted by Crippen LogP contribution is -2.32. The maximum Gasteiger partial charge on any atom is 0.325 e. The summed E-state index contributed by atoms with van der Waals surface area (Å²) in [6.45, 7) is 4.03. The van der Waals surface area contributed by atoms with Gasteiger partial charge in [0.25, 0.3) is 0 Å². The van der Waals surface area contributed by atoms with E-state index >= 15 is 0 Å². The molecule has 6 nitrogen and oxygen atoms in total. The van der Waals surface area contributed by atoms with E-state index in [-0.39, 0.29) is 11.9 Å². The van der Waals surface area contributed by atoms with Gasteiger partial charge in [0, 0.05) is 26.1 Å². The van der Waals surface area contributed by atoms with Gasteiger partial charge in [-0.25, -0.2) is 9.78 Å². The zero-order chi connectivity index (χ0) is 18.4. The monoisotopic (exact) mass is 352 g/mol. The molecular weight excluding hydrogens is 328 g/mol. The standard InChI is InChI=1S/C20H24N4O2/c1-2-23-13-14-24(20(23)26)18-12-11-17(15-21-18)22-19(25)10-6-9-16-7-4-3-5-8-16/h3-5,7-8,11-12,15H,2,6,9-10,13-14H2,1H3,(H,22,25). The first-order valence-corrected chi connectivity index (χ1v) is 9.03. The van der Waals surface area contributed by atoms with Gasteiger partial charge in [0.05, 0.1) is 11.9 Å². The number of urea groups is 1. The van der Waals surface area contributed by atoms with Gasteiger partial charge in [-0.05, 0) is 37.5 Å². The van der Waals surface area contributed by atoms with Crippen molar-refractivity contribution in [3.05, 3.63) is 54.2 Å². The van der Waals surface area contributed by atoms with Gasteiger partial charge in [-0.3, -0.25) is 9.69 Å². The van der Waals surface area contributed by atoms with Crippen LogP contribution in [0.5, 0.6) is 0 Å². The van der Waals surface area contributed by atoms with Crippen molar-refractivity contribution in [3.8, 4) is 0 Å². The first-order valence-electron chi connectivity index (χ1n) is 9.03. The predicted octanol–water partition coefficient (Wildman–Crippen LogP) is 3.30. The van der Waals surface area contributed by atoms with Crippen molar-refractivity contribution in [2.45, 2.75) is 26.2 Å². The van der Waals surface area contributed by atoms with Crippen LogP contribution in [0.4, 0.5) is 16.3 Å². The van der Waals surface area contributed by atoms with Gasteiger partial charge in [-0.15, -0.1) is 0 Å². The Morgan fingerprint density at radius 2 is 1.96 bits per heavy atom. The lowest BCUT2D eigenvalue weighted by atomic mass is 10.1. The molecule has 0 bridgehead atoms. The van der Waals surface area contributed by atoms with Crippen molar-refractivity contribution in [3.63, 3.8) is 0 Å². The van der Waals surface area contributed by atoms with Crippen molar-refractivity contribution in [1.82, 2.24) is 9.88 Å². The molecule has 0 aliphatic carbocycles. The molecule has 0 unspecified atom stereocenters. The molecule has 1 N–H and O–H groups in total. The highest BCUT2D eigenvalue weighted by Crippen LogP contribution is 2.19. The summed E-state index contributed by atoms with van der Waals surface area (Å²) in [7, 11) is 0. The number of anilines is 2. The number of pyridine rings is 1. The van der Waals surface area contributed by atoms with Crippen molar-refractivity contribution in [2.75, 3.05) is 29.9 Å². The number of carbonyl (C=O) groups is 2. The van der Waals surface area contributed by atoms with Gasteiger partial charge >= 0.3 is 6.03 Å². The minimum Gasteiger partial charge on any atom is -0.325 e. The molecule has 1 aromatic carbocycles. The second-order valence-electron chi connectivity index (χ2n) is 6.31. The van der Waals surface area contributed by atoms with Gasteiger partial charge in [-0.2, -0.15) is 0 Å². The molecule has 136 valence electrons. The van der Waals surface area contributed by atoms with Crippen LogP contribution in [0.3, 0.4) is 0 Å². The third kappa shape index (κ3) is 4.39. The van der Waals surface area contributed by atoms with Crippen molar-refractivity contribution in [2.24, 2.45) is 0 Å². The van der Waals surface area contributed by atoms with Gasteiger partial charge in [0.2, 0.25) is 5.91 Å². The van der Waals surface area contributed by atoms with E-state index in [0.29, 0.717) is 31.0 Å². The van der Waals surface area contributed by atoms with Crippen LogP contribution in [0.1, 0.15) is 25.3 Å². The summed E-state index contributed by atoms with van der Waals surface area (Å²) in [4.78, 5) is 32.0. The van der Waals surface area contributed by atoms with Crippen LogP contribution >= 0.6 is 0 Å². The van der Waals surface area contributed by atoms with Gasteiger partial charge in [-0.1, -0.05) is 30.3 Å². The molecule has 3 rings (SSSR count). The number of rotatable bonds is 7. The molecule has 26 heavy (non-hydrogen) atoms. The maximum absolute atomic E-state index is 12.2. The SMILES string of the molecule is CCN1CCN(c2ccc(NC(=O)CCCc3ccccc3)cn2)C1=O. The summed E-state index contributed by atoms with van der Waals surface area (Å²) < 4.78 is 0. The lowest BCUT2D eigenvalue weighted by molar-refractivity contribution is -0.116. The van der Waals surface area contributed by atoms with E-state index in [0.717, 1.165) is 19.4 Å². The first kappa shape index (κ1) is 17.9. The molecule has 1 aliphatic heterocycles. The van der Waals surface area contributed by atoms with Crippen LogP contribution in [-0.2, 0) is 11.2 Å². The summed E-state index contributed by atoms with van der Waals surface area (Å²) in [5.41, 5.74) is 1.89. The van der Waals surface area contributed by atoms with Crippen LogP contribution in [-0.4, -0.2) is 41.5 Å². The minimum atomic E-state index is -0.0233. The number of carbonyl (C=O) groups excluding carboxylic acids is 2. The number of aromatic nitrogens is 1. The summed E-state index contributed by atoms with van der Waals surface area (Å²) in [6.07, 6.45) is 3.76. The number of nitrogens with zero attached hydrogens (tertiary/aromatic N) is 3. The van der Waals surface area contributed by atoms with Crippen LogP contribution < -0.4 is 10.2 Å². The largest absolute Gasteiger partial charge is 0.325 e. The number of aryl methyl sites for hydroxylation is 1. The molecule has 1 aliphatic rings. The van der Waals surface area contributed by atoms with E-state index in [1.54, 1.807) is 28.1 Å². The predicted molar refractivity (Wildman–Crippen MR) is 102 cm³/mol. The average Bonchev–Trinajstić information content (AvgIpc) is 3.04. The Bertz CT molecular complexity index is 746. The highest BCUT2D eigenvalue weighted by Gasteiger charge is 2.28. The van der Waals surface area contributed by atoms with E-state index in [1.165, 1.54) is 5.56 Å². The van der Waals surface area contributed by atoms with Gasteiger partial charge < -0.3 is 10.2 Å². The van der Waals surface area contributed by atoms with Gasteiger partial charge in [0.1, 0.15) is 5.82 Å². The number of benzene rings is 1. The second-order valence-corrected chi connectivity index (χ2v) is 6.31. The van der Waals surface area contributed by atoms with Crippen molar-refractivity contribution < 1.29 is 9.59 Å². The number of nitrogens with one attached hydrogen (secondary N) is 1. The average molecular weight is 352 g/mol. The molecule has 1 aromatic heterocycles. The molecule has 1 saturated heterocycles. The maximum atomic E-state index is 12.2. The van der Waals surface area contributed by atoms with Crippen LogP contribution in [0.15, 0.2) is 48.7 Å². The summed E-state index contributed by atoms with van der Waals surface area (Å²) in [6, 6.07) is 13.7. The third-order valence-corrected chi connectivity index (χ3v) is 4.50. The van der Waals surface area contributed by atoms with Crippen molar-refractivity contribution >= 4 is 23.4 Å². The van der Waals surface area contributed by atoms with E-state index in [2.05, 4.69) is 22.4 Å². The zero-order valence-electron chi connectivity index (χ0n) is 15.0. The number of hydrogen-bond donors (Lipinski definition) is 1. The molecule has 1 fully saturated rings. The molecule has 0 atom stereocenters. The molecular formula is C20H24N4O2. The van der Waals surface area contributed by atoms with E-state index in [1.807, 2.05) is 25.1 Å². The van der Waals surface area contributed by atoms with E-state index < -0.39 is 0 Å². The summed E-state index contributed by atoms with van der Waals surface area (Å²) >= 11 is 0. The fourth-order valence-corrected chi connectivity index (χ4v) is 3.03. The first-order chi connectivity index (χ1) is 12.7. The summed E-state index contributed by atoms with van der Waals surface area (Å²) in [5.74, 6) is 0.595. The number of hydrogen-bond acceptors (Lipinski definition) is 3. The molecule has 2 heterocycles. The molecule has 0 saturated carbocycles. The lowest BCUT2D eigenvalue weighted by Gasteiger charge is -2.16. The fraction of sp³-hybridized carbons (Fsp3) is 0.350. The Balaban J connectivity index is 1.48. The van der Waals surface area contributed by atoms with E-state index in [4.69, 9.17) is 0 Å². The van der Waals surface area contributed by atoms with Crippen LogP contribution in [0.25, 0.3) is 0 Å². The zero-order valence-corrected chi connectivity index (χ0v) is 15.0. The normalized spacial score (nSPS) is 14.0. The Morgan fingerprint density at radius 3 is 2.62 bits per heavy atom. The molecule has 0 radical (unpaired) electrons. The Kier molecular flexibility index (Phi) is 5.84. The van der Waals surface area contributed by atoms with E-state index in [9.17, 15) is 9.59 Å². The van der Waals surface area contributed by atoms with Crippen LogP contribution in [0, 0.1) is 0 Å². The topological polar surface area (TPSA) is 65.5 Å². The second kappa shape index (κ2) is 8.47. The minimum absolute atomic E-state index is 0.0160. The molecule has 6 heteroatoms. The fourth-order valence-electron chi connectivity index (χ4n) is 3.03. The summed E-state index contributed by atoms with van der Waals surface area (Å²) in [5, 5.41) is 2.86. The molecule has 3 amide bonds. The highest BCUT2D eigenvalue weighted by atomic mass is 16.2. The number of amides is 3. The third-order valence-electron chi connectivity index (χ3n) is 4.50. The highest BCUT2D eigenvalue weighted by molar-refractivity contribution is 5.94. The van der Waals surface area contributed by atoms with Crippen molar-refractivity contribution in [1.29, 1.82) is 0 Å². The quantitative estimate of drug-likeness (QED) is 0.831. The Hall–Kier alpha value is -2.89. The number of likely N-dealkylation sites (N-methyl/N-ethyl adjacent to an activating group) is 1. The molecule has 0 spiro atoms. The van der Waals surface area contributed by atoms with Gasteiger partial charge in [0.15, 0.2) is 0 Å². The Morgan fingerprint density at radius 1 is 1.15 bits per heavy atom. The van der Waals surface area contributed by atoms with Crippen LogP contribution in [0.2, 0.25) is 0 Å². The smallest absolute Gasteiger partial charge is 0.325 e. The molecule has 2 aromatic rings.